The Labute approximate surface area is 188 Å². The molecule has 4 heteroatoms. The van der Waals surface area contributed by atoms with E-state index >= 15 is 0 Å². The summed E-state index contributed by atoms with van der Waals surface area (Å²) in [6.45, 7) is 1.90. The van der Waals surface area contributed by atoms with Gasteiger partial charge < -0.3 is 5.32 Å². The van der Waals surface area contributed by atoms with Crippen LogP contribution < -0.4 is 5.32 Å². The molecule has 0 spiro atoms. The molecule has 1 saturated carbocycles. The highest BCUT2D eigenvalue weighted by Gasteiger charge is 2.36. The van der Waals surface area contributed by atoms with Gasteiger partial charge in [0, 0.05) is 21.6 Å². The smallest absolute Gasteiger partial charge is 0.0455 e. The van der Waals surface area contributed by atoms with Crippen LogP contribution in [0.5, 0.6) is 0 Å². The molecule has 0 amide bonds. The van der Waals surface area contributed by atoms with E-state index in [0.29, 0.717) is 22.8 Å². The van der Waals surface area contributed by atoms with Gasteiger partial charge in [-0.2, -0.15) is 0 Å². The van der Waals surface area contributed by atoms with Crippen molar-refractivity contribution in [2.24, 2.45) is 5.92 Å². The molecule has 0 radical (unpaired) electrons. The summed E-state index contributed by atoms with van der Waals surface area (Å²) >= 11 is 18.9. The molecule has 1 nitrogen and oxygen atoms in total. The fourth-order valence-corrected chi connectivity index (χ4v) is 5.23. The highest BCUT2D eigenvalue weighted by Crippen LogP contribution is 2.50. The summed E-state index contributed by atoms with van der Waals surface area (Å²) in [5, 5.41) is 5.86. The Balaban J connectivity index is 1.51. The molecule has 1 fully saturated rings. The average Bonchev–Trinajstić information content (AvgIpc) is 3.13. The van der Waals surface area contributed by atoms with E-state index in [1.807, 2.05) is 24.3 Å². The minimum absolute atomic E-state index is 0.379. The maximum atomic E-state index is 6.60. The molecular formula is C25H24Cl3N. The third kappa shape index (κ3) is 5.16. The summed E-state index contributed by atoms with van der Waals surface area (Å²) in [7, 11) is 0. The van der Waals surface area contributed by atoms with E-state index < -0.39 is 0 Å². The molecule has 150 valence electrons. The van der Waals surface area contributed by atoms with Crippen molar-refractivity contribution in [2.75, 3.05) is 6.54 Å². The molecule has 0 saturated heterocycles. The number of benzene rings is 3. The third-order valence-electron chi connectivity index (χ3n) is 5.93. The minimum atomic E-state index is 0.379. The van der Waals surface area contributed by atoms with Gasteiger partial charge in [0.2, 0.25) is 0 Å². The van der Waals surface area contributed by atoms with Crippen LogP contribution in [0, 0.1) is 5.92 Å². The van der Waals surface area contributed by atoms with E-state index in [4.69, 9.17) is 34.8 Å². The lowest BCUT2D eigenvalue weighted by atomic mass is 9.84. The highest BCUT2D eigenvalue weighted by molar-refractivity contribution is 6.35. The van der Waals surface area contributed by atoms with Crippen molar-refractivity contribution in [3.05, 3.63) is 105 Å². The number of nitrogens with one attached hydrogen (secondary N) is 1. The van der Waals surface area contributed by atoms with Gasteiger partial charge in [-0.3, -0.25) is 0 Å². The second-order valence-corrected chi connectivity index (χ2v) is 9.16. The van der Waals surface area contributed by atoms with Gasteiger partial charge >= 0.3 is 0 Å². The van der Waals surface area contributed by atoms with Crippen LogP contribution in [0.4, 0.5) is 0 Å². The molecule has 3 atom stereocenters. The molecule has 29 heavy (non-hydrogen) atoms. The highest BCUT2D eigenvalue weighted by atomic mass is 35.5. The molecule has 1 aliphatic carbocycles. The van der Waals surface area contributed by atoms with Crippen LogP contribution in [-0.4, -0.2) is 6.54 Å². The fourth-order valence-electron chi connectivity index (χ4n) is 4.55. The Bertz CT molecular complexity index is 940. The summed E-state index contributed by atoms with van der Waals surface area (Å²) in [6.07, 6.45) is 2.24. The van der Waals surface area contributed by atoms with E-state index in [1.54, 1.807) is 0 Å². The van der Waals surface area contributed by atoms with Crippen molar-refractivity contribution in [3.8, 4) is 0 Å². The lowest BCUT2D eigenvalue weighted by Crippen LogP contribution is -2.21. The molecule has 3 aromatic carbocycles. The van der Waals surface area contributed by atoms with Crippen LogP contribution in [0.1, 0.15) is 41.4 Å². The van der Waals surface area contributed by atoms with E-state index in [9.17, 15) is 0 Å². The summed E-state index contributed by atoms with van der Waals surface area (Å²) in [6, 6.07) is 24.7. The average molecular weight is 445 g/mol. The van der Waals surface area contributed by atoms with Crippen molar-refractivity contribution in [2.45, 2.75) is 31.2 Å². The van der Waals surface area contributed by atoms with Crippen LogP contribution in [0.3, 0.4) is 0 Å². The maximum absolute atomic E-state index is 6.60. The SMILES string of the molecule is Clc1ccc([C@H]2CC(CNCc3ccccc3)C[C@H]2c2ccc(Cl)cc2Cl)cc1. The lowest BCUT2D eigenvalue weighted by molar-refractivity contribution is 0.480. The normalized spacial score (nSPS) is 21.4. The number of halogens is 3. The first-order valence-electron chi connectivity index (χ1n) is 10.0. The van der Waals surface area contributed by atoms with Crippen LogP contribution in [0.2, 0.25) is 15.1 Å². The summed E-state index contributed by atoms with van der Waals surface area (Å²) in [5.41, 5.74) is 3.84. The Hall–Kier alpha value is -1.51. The second-order valence-electron chi connectivity index (χ2n) is 7.88. The van der Waals surface area contributed by atoms with Gasteiger partial charge in [0.05, 0.1) is 0 Å². The lowest BCUT2D eigenvalue weighted by Gasteiger charge is -2.21. The predicted molar refractivity (Wildman–Crippen MR) is 124 cm³/mol. The van der Waals surface area contributed by atoms with Crippen molar-refractivity contribution < 1.29 is 0 Å². The zero-order valence-electron chi connectivity index (χ0n) is 16.1. The Morgan fingerprint density at radius 3 is 2.17 bits per heavy atom. The second kappa shape index (κ2) is 9.53. The summed E-state index contributed by atoms with van der Waals surface area (Å²) in [5.74, 6) is 1.40. The van der Waals surface area contributed by atoms with Crippen LogP contribution in [0.25, 0.3) is 0 Å². The van der Waals surface area contributed by atoms with Gasteiger partial charge in [0.15, 0.2) is 0 Å². The van der Waals surface area contributed by atoms with E-state index in [1.165, 1.54) is 16.7 Å². The Morgan fingerprint density at radius 1 is 0.759 bits per heavy atom. The number of rotatable bonds is 6. The van der Waals surface area contributed by atoms with Crippen molar-refractivity contribution >= 4 is 34.8 Å². The van der Waals surface area contributed by atoms with E-state index in [2.05, 4.69) is 53.8 Å². The first-order chi connectivity index (χ1) is 14.1. The third-order valence-corrected chi connectivity index (χ3v) is 6.74. The molecule has 0 heterocycles. The topological polar surface area (TPSA) is 12.0 Å². The Morgan fingerprint density at radius 2 is 1.45 bits per heavy atom. The van der Waals surface area contributed by atoms with Crippen LogP contribution in [0.15, 0.2) is 72.8 Å². The molecular weight excluding hydrogens is 421 g/mol. The molecule has 3 aromatic rings. The first kappa shape index (κ1) is 20.8. The number of hydrogen-bond acceptors (Lipinski definition) is 1. The fraction of sp³-hybridized carbons (Fsp3) is 0.280. The largest absolute Gasteiger partial charge is 0.312 e. The van der Waals surface area contributed by atoms with Crippen molar-refractivity contribution in [3.63, 3.8) is 0 Å². The predicted octanol–water partition coefficient (Wildman–Crippen LogP) is 7.71. The van der Waals surface area contributed by atoms with Crippen LogP contribution >= 0.6 is 34.8 Å². The van der Waals surface area contributed by atoms with Gasteiger partial charge in [-0.15, -0.1) is 0 Å². The van der Waals surface area contributed by atoms with Crippen molar-refractivity contribution in [1.29, 1.82) is 0 Å². The summed E-state index contributed by atoms with van der Waals surface area (Å²) < 4.78 is 0. The van der Waals surface area contributed by atoms with Gasteiger partial charge in [-0.1, -0.05) is 83.3 Å². The Kier molecular flexibility index (Phi) is 6.82. The zero-order chi connectivity index (χ0) is 20.2. The standard InChI is InChI=1S/C25H24Cl3N/c26-20-8-6-19(7-9-20)23-12-18(16-29-15-17-4-2-1-3-5-17)13-24(23)22-11-10-21(27)14-25(22)28/h1-11,14,18,23-24,29H,12-13,15-16H2/t18?,23-,24+/m1/s1. The molecule has 0 aliphatic heterocycles. The molecule has 0 aromatic heterocycles. The van der Waals surface area contributed by atoms with Gasteiger partial charge in [-0.25, -0.2) is 0 Å². The van der Waals surface area contributed by atoms with Crippen LogP contribution in [-0.2, 0) is 6.54 Å². The van der Waals surface area contributed by atoms with E-state index in [-0.39, 0.29) is 0 Å². The van der Waals surface area contributed by atoms with E-state index in [0.717, 1.165) is 36.0 Å². The number of hydrogen-bond donors (Lipinski definition) is 1. The molecule has 1 N–H and O–H groups in total. The summed E-state index contributed by atoms with van der Waals surface area (Å²) in [4.78, 5) is 0. The monoisotopic (exact) mass is 443 g/mol. The van der Waals surface area contributed by atoms with Gasteiger partial charge in [0.1, 0.15) is 0 Å². The first-order valence-corrected chi connectivity index (χ1v) is 11.2. The molecule has 1 unspecified atom stereocenters. The van der Waals surface area contributed by atoms with Gasteiger partial charge in [-0.05, 0) is 78.1 Å². The maximum Gasteiger partial charge on any atom is 0.0455 e. The zero-order valence-corrected chi connectivity index (χ0v) is 18.4. The van der Waals surface area contributed by atoms with Gasteiger partial charge in [0.25, 0.3) is 0 Å². The quantitative estimate of drug-likeness (QED) is 0.410. The molecule has 0 bridgehead atoms. The molecule has 4 rings (SSSR count). The van der Waals surface area contributed by atoms with Crippen molar-refractivity contribution in [1.82, 2.24) is 5.32 Å². The molecule has 1 aliphatic rings. The minimum Gasteiger partial charge on any atom is -0.312 e.